The molecular formula is C18H19N3O4. The molecule has 0 radical (unpaired) electrons. The number of likely N-dealkylation sites (tertiary alicyclic amines) is 1. The average molecular weight is 341 g/mol. The van der Waals surface area contributed by atoms with Gasteiger partial charge in [0.15, 0.2) is 0 Å². The lowest BCUT2D eigenvalue weighted by Gasteiger charge is -2.42. The fourth-order valence-electron chi connectivity index (χ4n) is 4.18. The van der Waals surface area contributed by atoms with Gasteiger partial charge in [-0.25, -0.2) is 0 Å². The topological polar surface area (TPSA) is 88.6 Å². The smallest absolute Gasteiger partial charge is 0.270 e. The Bertz CT molecular complexity index is 892. The first kappa shape index (κ1) is 15.8. The number of benzene rings is 1. The lowest BCUT2D eigenvalue weighted by atomic mass is 9.83. The molecule has 1 aromatic heterocycles. The maximum absolute atomic E-state index is 12.1. The van der Waals surface area contributed by atoms with Gasteiger partial charge in [-0.2, -0.15) is 0 Å². The number of non-ortho nitro benzene ring substituents is 1. The van der Waals surface area contributed by atoms with Crippen LogP contribution in [0.3, 0.4) is 0 Å². The summed E-state index contributed by atoms with van der Waals surface area (Å²) in [7, 11) is 0. The number of hydrogen-bond acceptors (Lipinski definition) is 5. The first-order chi connectivity index (χ1) is 12.0. The number of nitrogens with zero attached hydrogens (tertiary/aromatic N) is 3. The summed E-state index contributed by atoms with van der Waals surface area (Å²) in [6.07, 6.45) is 1.06. The highest BCUT2D eigenvalue weighted by Gasteiger charge is 2.34. The van der Waals surface area contributed by atoms with Gasteiger partial charge in [0, 0.05) is 61.6 Å². The van der Waals surface area contributed by atoms with Crippen molar-refractivity contribution in [1.82, 2.24) is 9.47 Å². The third kappa shape index (κ3) is 2.91. The second kappa shape index (κ2) is 6.00. The number of nitro groups is 1. The number of phenols is 1. The molecule has 3 heterocycles. The van der Waals surface area contributed by atoms with E-state index >= 15 is 0 Å². The Morgan fingerprint density at radius 3 is 2.84 bits per heavy atom. The highest BCUT2D eigenvalue weighted by Crippen LogP contribution is 2.36. The number of fused-ring (bicyclic) bond motifs is 4. The molecule has 0 saturated carbocycles. The molecular weight excluding hydrogens is 322 g/mol. The van der Waals surface area contributed by atoms with Crippen LogP contribution in [0.2, 0.25) is 0 Å². The van der Waals surface area contributed by atoms with Gasteiger partial charge < -0.3 is 9.67 Å². The van der Waals surface area contributed by atoms with Crippen molar-refractivity contribution in [2.75, 3.05) is 13.1 Å². The summed E-state index contributed by atoms with van der Waals surface area (Å²) < 4.78 is 1.88. The molecule has 0 aliphatic carbocycles. The van der Waals surface area contributed by atoms with E-state index in [4.69, 9.17) is 0 Å². The highest BCUT2D eigenvalue weighted by molar-refractivity contribution is 5.43. The largest absolute Gasteiger partial charge is 0.508 e. The van der Waals surface area contributed by atoms with Gasteiger partial charge in [0.25, 0.3) is 11.2 Å². The van der Waals surface area contributed by atoms with Crippen LogP contribution in [0.15, 0.2) is 41.2 Å². The van der Waals surface area contributed by atoms with E-state index in [1.54, 1.807) is 12.1 Å². The Morgan fingerprint density at radius 1 is 1.20 bits per heavy atom. The molecule has 0 amide bonds. The van der Waals surface area contributed by atoms with E-state index in [1.165, 1.54) is 18.2 Å². The number of phenolic OH excluding ortho intramolecular Hbond substituents is 1. The summed E-state index contributed by atoms with van der Waals surface area (Å²) in [6.45, 7) is 2.78. The van der Waals surface area contributed by atoms with Crippen LogP contribution in [0, 0.1) is 16.0 Å². The molecule has 1 N–H and O–H groups in total. The summed E-state index contributed by atoms with van der Waals surface area (Å²) in [6, 6.07) is 9.55. The Balaban J connectivity index is 1.58. The molecule has 1 aromatic carbocycles. The van der Waals surface area contributed by atoms with E-state index in [-0.39, 0.29) is 22.9 Å². The van der Waals surface area contributed by atoms with Crippen molar-refractivity contribution in [3.8, 4) is 5.75 Å². The minimum atomic E-state index is -0.448. The second-order valence-corrected chi connectivity index (χ2v) is 6.96. The quantitative estimate of drug-likeness (QED) is 0.682. The van der Waals surface area contributed by atoms with Gasteiger partial charge in [0.05, 0.1) is 4.92 Å². The van der Waals surface area contributed by atoms with Crippen LogP contribution < -0.4 is 5.56 Å². The number of rotatable bonds is 3. The van der Waals surface area contributed by atoms with Crippen LogP contribution in [-0.4, -0.2) is 32.6 Å². The van der Waals surface area contributed by atoms with Gasteiger partial charge in [0.2, 0.25) is 0 Å². The number of nitro benzene ring substituents is 1. The van der Waals surface area contributed by atoms with Crippen molar-refractivity contribution in [2.45, 2.75) is 25.4 Å². The average Bonchev–Trinajstić information content (AvgIpc) is 2.57. The van der Waals surface area contributed by atoms with Crippen molar-refractivity contribution >= 4 is 5.69 Å². The molecule has 7 nitrogen and oxygen atoms in total. The number of aromatic nitrogens is 1. The van der Waals surface area contributed by atoms with Gasteiger partial charge in [-0.1, -0.05) is 6.07 Å². The molecule has 7 heteroatoms. The summed E-state index contributed by atoms with van der Waals surface area (Å²) in [4.78, 5) is 24.8. The minimum absolute atomic E-state index is 0.0121. The lowest BCUT2D eigenvalue weighted by molar-refractivity contribution is -0.385. The summed E-state index contributed by atoms with van der Waals surface area (Å²) >= 11 is 0. The Morgan fingerprint density at radius 2 is 2.04 bits per heavy atom. The first-order valence-corrected chi connectivity index (χ1v) is 8.39. The Kier molecular flexibility index (Phi) is 3.80. The van der Waals surface area contributed by atoms with Crippen molar-refractivity contribution < 1.29 is 10.0 Å². The molecule has 0 spiro atoms. The molecule has 2 aliphatic rings. The number of hydrogen-bond donors (Lipinski definition) is 1. The van der Waals surface area contributed by atoms with Crippen LogP contribution in [0.25, 0.3) is 0 Å². The third-order valence-corrected chi connectivity index (χ3v) is 5.22. The predicted molar refractivity (Wildman–Crippen MR) is 91.6 cm³/mol. The maximum atomic E-state index is 12.1. The van der Waals surface area contributed by atoms with Crippen LogP contribution in [-0.2, 0) is 13.1 Å². The molecule has 2 aromatic rings. The van der Waals surface area contributed by atoms with Gasteiger partial charge in [-0.3, -0.25) is 19.8 Å². The molecule has 2 bridgehead atoms. The Hall–Kier alpha value is -2.67. The van der Waals surface area contributed by atoms with E-state index in [0.29, 0.717) is 24.6 Å². The van der Waals surface area contributed by atoms with E-state index in [9.17, 15) is 20.0 Å². The van der Waals surface area contributed by atoms with E-state index < -0.39 is 4.92 Å². The van der Waals surface area contributed by atoms with Crippen molar-refractivity contribution in [3.63, 3.8) is 0 Å². The molecule has 1 saturated heterocycles. The minimum Gasteiger partial charge on any atom is -0.508 e. The standard InChI is InChI=1S/C18H19N3O4/c22-17-5-4-15(21(24)25)7-14(17)11-19-8-12-6-13(10-19)16-2-1-3-18(23)20(16)9-12/h1-5,7,12-13,22H,6,8-11H2. The molecule has 1 fully saturated rings. The fraction of sp³-hybridized carbons (Fsp3) is 0.389. The van der Waals surface area contributed by atoms with E-state index in [0.717, 1.165) is 25.2 Å². The molecule has 2 atom stereocenters. The first-order valence-electron chi connectivity index (χ1n) is 8.39. The zero-order valence-electron chi connectivity index (χ0n) is 13.7. The fourth-order valence-corrected chi connectivity index (χ4v) is 4.18. The zero-order valence-corrected chi connectivity index (χ0v) is 13.7. The number of aromatic hydroxyl groups is 1. The van der Waals surface area contributed by atoms with Gasteiger partial charge in [0.1, 0.15) is 5.75 Å². The summed E-state index contributed by atoms with van der Waals surface area (Å²) in [5, 5.41) is 21.0. The zero-order chi connectivity index (χ0) is 17.6. The normalized spacial score (nSPS) is 22.4. The highest BCUT2D eigenvalue weighted by atomic mass is 16.6. The van der Waals surface area contributed by atoms with E-state index in [2.05, 4.69) is 4.90 Å². The van der Waals surface area contributed by atoms with Gasteiger partial charge in [-0.15, -0.1) is 0 Å². The van der Waals surface area contributed by atoms with Crippen LogP contribution in [0.4, 0.5) is 5.69 Å². The predicted octanol–water partition coefficient (Wildman–Crippen LogP) is 2.08. The van der Waals surface area contributed by atoms with Gasteiger partial charge >= 0.3 is 0 Å². The molecule has 2 aliphatic heterocycles. The molecule has 2 unspecified atom stereocenters. The molecule has 25 heavy (non-hydrogen) atoms. The summed E-state index contributed by atoms with van der Waals surface area (Å²) in [5.74, 6) is 0.743. The SMILES string of the molecule is O=c1cccc2n1CC1CC2CN(Cc2cc([N+](=O)[O-])ccc2O)C1. The van der Waals surface area contributed by atoms with Crippen molar-refractivity contribution in [1.29, 1.82) is 0 Å². The molecule has 130 valence electrons. The maximum Gasteiger partial charge on any atom is 0.270 e. The van der Waals surface area contributed by atoms with Crippen molar-refractivity contribution in [2.24, 2.45) is 5.92 Å². The van der Waals surface area contributed by atoms with E-state index in [1.807, 2.05) is 10.6 Å². The lowest BCUT2D eigenvalue weighted by Crippen LogP contribution is -2.46. The van der Waals surface area contributed by atoms with Crippen LogP contribution in [0.5, 0.6) is 5.75 Å². The third-order valence-electron chi connectivity index (χ3n) is 5.22. The van der Waals surface area contributed by atoms with Crippen molar-refractivity contribution in [3.05, 3.63) is 68.1 Å². The molecule has 4 rings (SSSR count). The van der Waals surface area contributed by atoms with Gasteiger partial charge in [-0.05, 0) is 24.5 Å². The second-order valence-electron chi connectivity index (χ2n) is 6.96. The number of piperidine rings is 1. The van der Waals surface area contributed by atoms with Crippen LogP contribution in [0.1, 0.15) is 23.6 Å². The Labute approximate surface area is 144 Å². The monoisotopic (exact) mass is 341 g/mol. The summed E-state index contributed by atoms with van der Waals surface area (Å²) in [5.41, 5.74) is 1.68. The van der Waals surface area contributed by atoms with Crippen LogP contribution >= 0.6 is 0 Å². The number of pyridine rings is 1.